The van der Waals surface area contributed by atoms with Gasteiger partial charge in [-0.25, -0.2) is 0 Å². The average Bonchev–Trinajstić information content (AvgIpc) is 2.40. The summed E-state index contributed by atoms with van der Waals surface area (Å²) in [5, 5.41) is 0. The largest absolute Gasteiger partial charge is 0.425 e. The van der Waals surface area contributed by atoms with Crippen LogP contribution in [0.3, 0.4) is 0 Å². The quantitative estimate of drug-likeness (QED) is 0.392. The van der Waals surface area contributed by atoms with Crippen molar-refractivity contribution in [2.75, 3.05) is 20.3 Å². The van der Waals surface area contributed by atoms with E-state index in [-0.39, 0.29) is 25.6 Å². The van der Waals surface area contributed by atoms with Gasteiger partial charge in [0, 0.05) is 7.11 Å². The second kappa shape index (κ2) is 10.8. The molecule has 0 aromatic heterocycles. The van der Waals surface area contributed by atoms with Crippen LogP contribution in [0.1, 0.15) is 20.8 Å². The summed E-state index contributed by atoms with van der Waals surface area (Å²) >= 11 is 0. The topological polar surface area (TPSA) is 55.4 Å². The maximum Gasteiger partial charge on any atom is 0.286 e. The molecule has 0 heterocycles. The van der Waals surface area contributed by atoms with Crippen molar-refractivity contribution < 1.29 is 28.3 Å². The molecule has 0 saturated heterocycles. The predicted octanol–water partition coefficient (Wildman–Crippen LogP) is 0.289. The summed E-state index contributed by atoms with van der Waals surface area (Å²) in [5.41, 5.74) is 0. The lowest BCUT2D eigenvalue weighted by molar-refractivity contribution is -0.201. The first kappa shape index (κ1) is 17.9. The smallest absolute Gasteiger partial charge is 0.286 e. The van der Waals surface area contributed by atoms with Gasteiger partial charge in [-0.15, -0.1) is 0 Å². The second-order valence-corrected chi connectivity index (χ2v) is 3.64. The number of ether oxygens (including phenoxy) is 4. The molecule has 0 aliphatic carbocycles. The SMILES string of the molecule is [B]OC(C)OCC(COC(C)O[B])OC(C)OC. The molecule has 0 amide bonds. The second-order valence-electron chi connectivity index (χ2n) is 3.64. The lowest BCUT2D eigenvalue weighted by atomic mass is 10.4. The fraction of sp³-hybridized carbons (Fsp3) is 1.00. The zero-order valence-corrected chi connectivity index (χ0v) is 11.3. The van der Waals surface area contributed by atoms with Crippen LogP contribution in [-0.4, -0.2) is 61.4 Å². The molecule has 4 radical (unpaired) electrons. The Labute approximate surface area is 111 Å². The summed E-state index contributed by atoms with van der Waals surface area (Å²) in [5.74, 6) is 0. The van der Waals surface area contributed by atoms with Crippen molar-refractivity contribution in [3.05, 3.63) is 0 Å². The van der Waals surface area contributed by atoms with E-state index >= 15 is 0 Å². The van der Waals surface area contributed by atoms with E-state index in [0.29, 0.717) is 0 Å². The van der Waals surface area contributed by atoms with E-state index in [4.69, 9.17) is 35.0 Å². The first-order chi connectivity index (χ1) is 8.53. The van der Waals surface area contributed by atoms with Crippen LogP contribution < -0.4 is 0 Å². The molecule has 102 valence electrons. The van der Waals surface area contributed by atoms with E-state index in [0.717, 1.165) is 0 Å². The van der Waals surface area contributed by atoms with Gasteiger partial charge in [0.15, 0.2) is 6.29 Å². The summed E-state index contributed by atoms with van der Waals surface area (Å²) < 4.78 is 30.1. The fourth-order valence-corrected chi connectivity index (χ4v) is 1.02. The van der Waals surface area contributed by atoms with Crippen LogP contribution in [0.15, 0.2) is 0 Å². The number of methoxy groups -OCH3 is 1. The number of hydrogen-bond acceptors (Lipinski definition) is 6. The van der Waals surface area contributed by atoms with E-state index in [2.05, 4.69) is 9.31 Å². The van der Waals surface area contributed by atoms with Crippen LogP contribution >= 0.6 is 0 Å². The normalized spacial score (nSPS) is 18.2. The van der Waals surface area contributed by atoms with Crippen molar-refractivity contribution in [3.8, 4) is 0 Å². The van der Waals surface area contributed by atoms with Gasteiger partial charge in [-0.2, -0.15) is 0 Å². The molecule has 0 N–H and O–H groups in total. The van der Waals surface area contributed by atoms with Crippen LogP contribution in [0.5, 0.6) is 0 Å². The van der Waals surface area contributed by atoms with Gasteiger partial charge in [0.2, 0.25) is 0 Å². The predicted molar refractivity (Wildman–Crippen MR) is 65.9 cm³/mol. The zero-order valence-electron chi connectivity index (χ0n) is 11.3. The first-order valence-electron chi connectivity index (χ1n) is 5.66. The molecular weight excluding hydrogens is 238 g/mol. The molecule has 0 bridgehead atoms. The molecular formula is C10H20B2O6. The number of rotatable bonds is 11. The highest BCUT2D eigenvalue weighted by molar-refractivity contribution is 5.98. The van der Waals surface area contributed by atoms with Gasteiger partial charge in [-0.1, -0.05) is 0 Å². The summed E-state index contributed by atoms with van der Waals surface area (Å²) in [6.45, 7) is 5.58. The monoisotopic (exact) mass is 258 g/mol. The Bertz CT molecular complexity index is 183. The van der Waals surface area contributed by atoms with Gasteiger partial charge in [-0.05, 0) is 20.8 Å². The standard InChI is InChI=1S/C10H20B2O6/c1-7(13-4)16-10(5-14-8(2)17-11)6-15-9(3)18-12/h7-10H,5-6H2,1-4H3. The molecule has 0 aliphatic rings. The molecule has 0 aromatic carbocycles. The molecule has 3 atom stereocenters. The molecule has 0 aromatic rings. The molecule has 3 unspecified atom stereocenters. The van der Waals surface area contributed by atoms with Gasteiger partial charge in [0.05, 0.1) is 13.2 Å². The third-order valence-electron chi connectivity index (χ3n) is 2.13. The maximum atomic E-state index is 5.52. The highest BCUT2D eigenvalue weighted by Crippen LogP contribution is 2.05. The van der Waals surface area contributed by atoms with Gasteiger partial charge in [0.1, 0.15) is 18.7 Å². The molecule has 0 aliphatic heterocycles. The van der Waals surface area contributed by atoms with Gasteiger partial charge < -0.3 is 28.3 Å². The molecule has 0 rings (SSSR count). The van der Waals surface area contributed by atoms with Crippen molar-refractivity contribution in [1.82, 2.24) is 0 Å². The maximum absolute atomic E-state index is 5.52. The third-order valence-corrected chi connectivity index (χ3v) is 2.13. The Morgan fingerprint density at radius 2 is 1.28 bits per heavy atom. The molecule has 6 nitrogen and oxygen atoms in total. The molecule has 18 heavy (non-hydrogen) atoms. The average molecular weight is 258 g/mol. The van der Waals surface area contributed by atoms with Crippen molar-refractivity contribution in [3.63, 3.8) is 0 Å². The minimum absolute atomic E-state index is 0.239. The molecule has 8 heteroatoms. The van der Waals surface area contributed by atoms with Gasteiger partial charge >= 0.3 is 0 Å². The Morgan fingerprint density at radius 1 is 0.833 bits per heavy atom. The minimum atomic E-state index is -0.530. The van der Waals surface area contributed by atoms with Crippen LogP contribution in [0.2, 0.25) is 0 Å². The first-order valence-corrected chi connectivity index (χ1v) is 5.66. The zero-order chi connectivity index (χ0) is 14.0. The van der Waals surface area contributed by atoms with Crippen molar-refractivity contribution in [1.29, 1.82) is 0 Å². The summed E-state index contributed by atoms with van der Waals surface area (Å²) in [7, 11) is 11.5. The van der Waals surface area contributed by atoms with Crippen LogP contribution in [0.25, 0.3) is 0 Å². The summed E-state index contributed by atoms with van der Waals surface area (Å²) in [6, 6.07) is 0. The van der Waals surface area contributed by atoms with Crippen molar-refractivity contribution >= 4 is 16.1 Å². The van der Waals surface area contributed by atoms with Crippen LogP contribution in [0.4, 0.5) is 0 Å². The van der Waals surface area contributed by atoms with E-state index < -0.39 is 12.6 Å². The lowest BCUT2D eigenvalue weighted by Gasteiger charge is -2.24. The Hall–Kier alpha value is -0.110. The lowest BCUT2D eigenvalue weighted by Crippen LogP contribution is -2.33. The van der Waals surface area contributed by atoms with Crippen molar-refractivity contribution in [2.45, 2.75) is 45.7 Å². The third kappa shape index (κ3) is 8.91. The highest BCUT2D eigenvalue weighted by Gasteiger charge is 2.16. The van der Waals surface area contributed by atoms with Gasteiger partial charge in [0.25, 0.3) is 16.1 Å². The Balaban J connectivity index is 4.07. The highest BCUT2D eigenvalue weighted by atomic mass is 16.7. The van der Waals surface area contributed by atoms with E-state index in [1.54, 1.807) is 27.9 Å². The fourth-order valence-electron chi connectivity index (χ4n) is 1.02. The molecule has 0 fully saturated rings. The Morgan fingerprint density at radius 3 is 1.61 bits per heavy atom. The van der Waals surface area contributed by atoms with Gasteiger partial charge in [-0.3, -0.25) is 0 Å². The van der Waals surface area contributed by atoms with E-state index in [1.165, 1.54) is 0 Å². The minimum Gasteiger partial charge on any atom is -0.425 e. The van der Waals surface area contributed by atoms with Crippen LogP contribution in [-0.2, 0) is 28.3 Å². The summed E-state index contributed by atoms with van der Waals surface area (Å²) in [6.07, 6.45) is -1.80. The van der Waals surface area contributed by atoms with Crippen molar-refractivity contribution in [2.24, 2.45) is 0 Å². The molecule has 0 saturated carbocycles. The number of hydrogen-bond donors (Lipinski definition) is 0. The Kier molecular flexibility index (Phi) is 10.7. The summed E-state index contributed by atoms with van der Waals surface area (Å²) in [4.78, 5) is 0. The van der Waals surface area contributed by atoms with E-state index in [1.807, 2.05) is 0 Å². The van der Waals surface area contributed by atoms with Crippen LogP contribution in [0, 0.1) is 0 Å². The van der Waals surface area contributed by atoms with E-state index in [9.17, 15) is 0 Å². The molecule has 0 spiro atoms.